The number of rotatable bonds is 8. The fraction of sp³-hybridized carbons (Fsp3) is 0.400. The number of halogens is 2. The summed E-state index contributed by atoms with van der Waals surface area (Å²) >= 11 is 0. The molecule has 0 amide bonds. The second-order valence-electron chi connectivity index (χ2n) is 9.62. The molecule has 0 bridgehead atoms. The number of carbonyl (C=O) groups is 1. The summed E-state index contributed by atoms with van der Waals surface area (Å²) in [6.07, 6.45) is 5.19. The molecule has 0 saturated carbocycles. The third kappa shape index (κ3) is 5.58. The molecule has 3 aromatic rings. The molecule has 1 aliphatic heterocycles. The minimum absolute atomic E-state index is 0.00360. The molecule has 0 spiro atoms. The highest BCUT2D eigenvalue weighted by atomic mass is 19.3. The number of hydrogen-bond donors (Lipinski definition) is 0. The normalized spacial score (nSPS) is 17.0. The molecule has 0 radical (unpaired) electrons. The molecule has 2 heterocycles. The van der Waals surface area contributed by atoms with Crippen molar-refractivity contribution in [3.05, 3.63) is 87.3 Å². The molecule has 4 nitrogen and oxygen atoms in total. The van der Waals surface area contributed by atoms with Crippen molar-refractivity contribution in [1.82, 2.24) is 0 Å². The number of allylic oxidation sites excluding steroid dienone is 2. The van der Waals surface area contributed by atoms with Crippen LogP contribution in [0.3, 0.4) is 0 Å². The molecule has 0 aliphatic carbocycles. The van der Waals surface area contributed by atoms with Crippen molar-refractivity contribution in [3.63, 3.8) is 0 Å². The molecule has 2 unspecified atom stereocenters. The summed E-state index contributed by atoms with van der Waals surface area (Å²) in [5.41, 5.74) is 2.67. The van der Waals surface area contributed by atoms with Crippen LogP contribution in [0.4, 0.5) is 8.78 Å². The van der Waals surface area contributed by atoms with Gasteiger partial charge in [0.15, 0.2) is 0 Å². The number of alkyl halides is 2. The number of carbonyl (C=O) groups excluding carboxylic acids is 1. The number of aryl methyl sites for hydroxylation is 1. The molecular formula is C30H32F2O4. The number of ketones is 1. The first-order chi connectivity index (χ1) is 17.2. The summed E-state index contributed by atoms with van der Waals surface area (Å²) in [6.45, 7) is 5.91. The van der Waals surface area contributed by atoms with E-state index in [-0.39, 0.29) is 28.8 Å². The van der Waals surface area contributed by atoms with Gasteiger partial charge in [-0.25, -0.2) is 4.79 Å². The van der Waals surface area contributed by atoms with Gasteiger partial charge >= 0.3 is 5.63 Å². The van der Waals surface area contributed by atoms with Crippen LogP contribution in [0.1, 0.15) is 80.0 Å². The lowest BCUT2D eigenvalue weighted by molar-refractivity contribution is -0.119. The average molecular weight is 495 g/mol. The first-order valence-electron chi connectivity index (χ1n) is 12.6. The Balaban J connectivity index is 1.53. The lowest BCUT2D eigenvalue weighted by Gasteiger charge is -2.20. The zero-order chi connectivity index (χ0) is 25.9. The van der Waals surface area contributed by atoms with Gasteiger partial charge in [0.25, 0.3) is 5.92 Å². The van der Waals surface area contributed by atoms with Gasteiger partial charge in [0.05, 0.1) is 6.61 Å². The third-order valence-corrected chi connectivity index (χ3v) is 7.06. The van der Waals surface area contributed by atoms with E-state index in [9.17, 15) is 18.4 Å². The summed E-state index contributed by atoms with van der Waals surface area (Å²) in [7, 11) is 0. The number of benzene rings is 2. The Bertz CT molecular complexity index is 1340. The molecule has 190 valence electrons. The van der Waals surface area contributed by atoms with Gasteiger partial charge < -0.3 is 9.15 Å². The van der Waals surface area contributed by atoms with Crippen molar-refractivity contribution in [3.8, 4) is 5.75 Å². The quantitative estimate of drug-likeness (QED) is 0.239. The van der Waals surface area contributed by atoms with Crippen molar-refractivity contribution in [2.45, 2.75) is 70.6 Å². The van der Waals surface area contributed by atoms with E-state index >= 15 is 0 Å². The Labute approximate surface area is 210 Å². The summed E-state index contributed by atoms with van der Waals surface area (Å²) in [6, 6.07) is 11.8. The van der Waals surface area contributed by atoms with Crippen LogP contribution >= 0.6 is 0 Å². The standard InChI is InChI=1S/C30H32F2O4/c1-4-12-30(31,32)23-9-11-26-22(7-6-13-35-27(26)18-23)16-24(33)15-20(5-2)21-8-10-25-19(3)14-29(34)36-28(25)17-21/h4,8-12,14,17-18,20,22H,5-7,13,15-16H2,1-3H3/b12-4+. The molecule has 6 heteroatoms. The number of ether oxygens (including phenoxy) is 1. The van der Waals surface area contributed by atoms with Crippen LogP contribution in [0.15, 0.2) is 63.8 Å². The Morgan fingerprint density at radius 3 is 2.75 bits per heavy atom. The highest BCUT2D eigenvalue weighted by Crippen LogP contribution is 2.40. The predicted molar refractivity (Wildman–Crippen MR) is 137 cm³/mol. The first-order valence-corrected chi connectivity index (χ1v) is 12.6. The molecule has 0 saturated heterocycles. The molecule has 1 aromatic heterocycles. The molecule has 0 fully saturated rings. The van der Waals surface area contributed by atoms with Crippen LogP contribution in [-0.2, 0) is 10.7 Å². The Morgan fingerprint density at radius 2 is 2.00 bits per heavy atom. The van der Waals surface area contributed by atoms with Crippen LogP contribution in [0, 0.1) is 6.92 Å². The molecule has 4 rings (SSSR count). The van der Waals surface area contributed by atoms with Gasteiger partial charge in [-0.1, -0.05) is 37.3 Å². The van der Waals surface area contributed by atoms with E-state index in [1.54, 1.807) is 13.0 Å². The zero-order valence-corrected chi connectivity index (χ0v) is 21.0. The van der Waals surface area contributed by atoms with Gasteiger partial charge in [-0.15, -0.1) is 0 Å². The monoisotopic (exact) mass is 494 g/mol. The maximum Gasteiger partial charge on any atom is 0.336 e. The molecule has 2 atom stereocenters. The Hall–Kier alpha value is -3.28. The molecule has 36 heavy (non-hydrogen) atoms. The van der Waals surface area contributed by atoms with Crippen LogP contribution in [0.25, 0.3) is 11.0 Å². The second kappa shape index (κ2) is 10.8. The van der Waals surface area contributed by atoms with E-state index in [2.05, 4.69) is 0 Å². The van der Waals surface area contributed by atoms with Gasteiger partial charge in [-0.2, -0.15) is 8.78 Å². The minimum Gasteiger partial charge on any atom is -0.493 e. The van der Waals surface area contributed by atoms with Gasteiger partial charge in [0, 0.05) is 29.9 Å². The number of hydrogen-bond acceptors (Lipinski definition) is 4. The van der Waals surface area contributed by atoms with Gasteiger partial charge in [-0.05, 0) is 79.8 Å². The molecule has 0 N–H and O–H groups in total. The van der Waals surface area contributed by atoms with Gasteiger partial charge in [-0.3, -0.25) is 4.79 Å². The van der Waals surface area contributed by atoms with Crippen LogP contribution < -0.4 is 10.4 Å². The van der Waals surface area contributed by atoms with Crippen molar-refractivity contribution in [2.75, 3.05) is 6.61 Å². The van der Waals surface area contributed by atoms with E-state index in [1.807, 2.05) is 32.0 Å². The van der Waals surface area contributed by atoms with Crippen molar-refractivity contribution in [1.29, 1.82) is 0 Å². The second-order valence-corrected chi connectivity index (χ2v) is 9.62. The maximum absolute atomic E-state index is 14.4. The van der Waals surface area contributed by atoms with Crippen LogP contribution in [0.2, 0.25) is 0 Å². The molecule has 1 aliphatic rings. The van der Waals surface area contributed by atoms with Gasteiger partial charge in [0.2, 0.25) is 0 Å². The summed E-state index contributed by atoms with van der Waals surface area (Å²) in [5.74, 6) is -2.59. The van der Waals surface area contributed by atoms with Crippen LogP contribution in [0.5, 0.6) is 5.75 Å². The Morgan fingerprint density at radius 1 is 1.19 bits per heavy atom. The van der Waals surface area contributed by atoms with E-state index in [0.717, 1.165) is 47.4 Å². The summed E-state index contributed by atoms with van der Waals surface area (Å²) in [4.78, 5) is 25.0. The average Bonchev–Trinajstić information content (AvgIpc) is 3.03. The number of fused-ring (bicyclic) bond motifs is 2. The maximum atomic E-state index is 14.4. The summed E-state index contributed by atoms with van der Waals surface area (Å²) < 4.78 is 40.0. The summed E-state index contributed by atoms with van der Waals surface area (Å²) in [5, 5.41) is 0.883. The topological polar surface area (TPSA) is 56.5 Å². The third-order valence-electron chi connectivity index (χ3n) is 7.06. The smallest absolute Gasteiger partial charge is 0.336 e. The van der Waals surface area contributed by atoms with Crippen molar-refractivity contribution in [2.24, 2.45) is 0 Å². The van der Waals surface area contributed by atoms with Crippen molar-refractivity contribution < 1.29 is 22.7 Å². The predicted octanol–water partition coefficient (Wildman–Crippen LogP) is 7.57. The Kier molecular flexibility index (Phi) is 7.72. The number of Topliss-reactive ketones (excluding diaryl/α,β-unsaturated/α-hetero) is 1. The van der Waals surface area contributed by atoms with E-state index in [0.29, 0.717) is 30.8 Å². The molecular weight excluding hydrogens is 462 g/mol. The largest absolute Gasteiger partial charge is 0.493 e. The highest BCUT2D eigenvalue weighted by Gasteiger charge is 2.31. The van der Waals surface area contributed by atoms with Crippen LogP contribution in [-0.4, -0.2) is 12.4 Å². The fourth-order valence-corrected chi connectivity index (χ4v) is 5.12. The SMILES string of the molecule is C/C=C/C(F)(F)c1ccc2c(c1)OCCCC2CC(=O)CC(CC)c1ccc2c(C)cc(=O)oc2c1. The first kappa shape index (κ1) is 25.8. The molecule has 2 aromatic carbocycles. The van der Waals surface area contributed by atoms with Gasteiger partial charge in [0.1, 0.15) is 17.1 Å². The van der Waals surface area contributed by atoms with Crippen molar-refractivity contribution >= 4 is 16.8 Å². The van der Waals surface area contributed by atoms with E-state index in [1.165, 1.54) is 24.3 Å². The fourth-order valence-electron chi connectivity index (χ4n) is 5.12. The lowest BCUT2D eigenvalue weighted by Crippen LogP contribution is -2.13. The minimum atomic E-state index is -3.07. The van der Waals surface area contributed by atoms with E-state index in [4.69, 9.17) is 9.15 Å². The lowest BCUT2D eigenvalue weighted by atomic mass is 9.84. The highest BCUT2D eigenvalue weighted by molar-refractivity contribution is 5.82. The van der Waals surface area contributed by atoms with E-state index < -0.39 is 5.92 Å². The zero-order valence-electron chi connectivity index (χ0n) is 21.0.